The first-order chi connectivity index (χ1) is 8.84. The van der Waals surface area contributed by atoms with Crippen LogP contribution in [0.3, 0.4) is 0 Å². The Morgan fingerprint density at radius 2 is 2.05 bits per heavy atom. The first kappa shape index (κ1) is 13.9. The van der Waals surface area contributed by atoms with Crippen LogP contribution in [0.2, 0.25) is 0 Å². The minimum atomic E-state index is -4.35. The Balaban J connectivity index is 2.48. The van der Waals surface area contributed by atoms with Crippen LogP contribution in [0.25, 0.3) is 0 Å². The van der Waals surface area contributed by atoms with Crippen LogP contribution in [0.1, 0.15) is 12.8 Å². The predicted octanol–water partition coefficient (Wildman–Crippen LogP) is 1.20. The molecule has 1 atom stereocenters. The zero-order chi connectivity index (χ0) is 14.2. The summed E-state index contributed by atoms with van der Waals surface area (Å²) in [6, 6.07) is 0.829. The summed E-state index contributed by atoms with van der Waals surface area (Å²) in [4.78, 5) is 10.1. The number of hydrogen-bond donors (Lipinski definition) is 1. The summed E-state index contributed by atoms with van der Waals surface area (Å²) in [7, 11) is -4.35. The molecule has 0 aliphatic carbocycles. The lowest BCUT2D eigenvalue weighted by atomic mass is 10.2. The van der Waals surface area contributed by atoms with Crippen molar-refractivity contribution in [3.05, 3.63) is 29.8 Å². The molecule has 2 rings (SSSR count). The maximum Gasteiger partial charge on any atom is 0.322 e. The summed E-state index contributed by atoms with van der Waals surface area (Å²) in [5, 5.41) is 8.94. The Bertz CT molecular complexity index is 617. The van der Waals surface area contributed by atoms with E-state index in [9.17, 15) is 22.0 Å². The molecule has 1 fully saturated rings. The van der Waals surface area contributed by atoms with Gasteiger partial charge in [-0.15, -0.1) is 0 Å². The van der Waals surface area contributed by atoms with Crippen molar-refractivity contribution in [2.24, 2.45) is 0 Å². The van der Waals surface area contributed by atoms with Crippen molar-refractivity contribution in [2.75, 3.05) is 6.54 Å². The normalized spacial score (nSPS) is 20.6. The molecule has 0 aromatic heterocycles. The molecule has 1 unspecified atom stereocenters. The first-order valence-electron chi connectivity index (χ1n) is 5.54. The van der Waals surface area contributed by atoms with Gasteiger partial charge in [0, 0.05) is 6.54 Å². The lowest BCUT2D eigenvalue weighted by Gasteiger charge is -2.21. The van der Waals surface area contributed by atoms with Gasteiger partial charge in [0.15, 0.2) is 0 Å². The number of aliphatic carboxylic acids is 1. The van der Waals surface area contributed by atoms with E-state index in [1.54, 1.807) is 0 Å². The molecule has 0 spiro atoms. The molecule has 1 aromatic carbocycles. The first-order valence-corrected chi connectivity index (χ1v) is 6.98. The van der Waals surface area contributed by atoms with Gasteiger partial charge in [-0.05, 0) is 31.0 Å². The fraction of sp³-hybridized carbons (Fsp3) is 0.364. The SMILES string of the molecule is O=C(O)C1CCCN1S(=O)(=O)c1cc(F)ccc1F. The van der Waals surface area contributed by atoms with Crippen molar-refractivity contribution in [2.45, 2.75) is 23.8 Å². The second-order valence-electron chi connectivity index (χ2n) is 4.19. The number of carbonyl (C=O) groups is 1. The number of benzene rings is 1. The van der Waals surface area contributed by atoms with Gasteiger partial charge in [-0.25, -0.2) is 17.2 Å². The number of carboxylic acid groups (broad SMARTS) is 1. The van der Waals surface area contributed by atoms with Crippen molar-refractivity contribution in [1.29, 1.82) is 0 Å². The summed E-state index contributed by atoms with van der Waals surface area (Å²) in [6.45, 7) is -0.0186. The number of rotatable bonds is 3. The highest BCUT2D eigenvalue weighted by Crippen LogP contribution is 2.28. The standard InChI is InChI=1S/C11H11F2NO4S/c12-7-3-4-8(13)10(6-7)19(17,18)14-5-1-2-9(14)11(15)16/h3-4,6,9H,1-2,5H2,(H,15,16). The Hall–Kier alpha value is -1.54. The third-order valence-corrected chi connectivity index (χ3v) is 4.89. The van der Waals surface area contributed by atoms with Crippen LogP contribution >= 0.6 is 0 Å². The highest BCUT2D eigenvalue weighted by molar-refractivity contribution is 7.89. The highest BCUT2D eigenvalue weighted by atomic mass is 32.2. The largest absolute Gasteiger partial charge is 0.480 e. The lowest BCUT2D eigenvalue weighted by molar-refractivity contribution is -0.140. The van der Waals surface area contributed by atoms with Gasteiger partial charge in [0.25, 0.3) is 0 Å². The molecular formula is C11H11F2NO4S. The quantitative estimate of drug-likeness (QED) is 0.908. The second-order valence-corrected chi connectivity index (χ2v) is 6.05. The highest BCUT2D eigenvalue weighted by Gasteiger charge is 2.40. The van der Waals surface area contributed by atoms with Gasteiger partial charge >= 0.3 is 5.97 Å². The Morgan fingerprint density at radius 3 is 2.68 bits per heavy atom. The molecule has 0 saturated carbocycles. The molecule has 104 valence electrons. The van der Waals surface area contributed by atoms with Gasteiger partial charge in [0.1, 0.15) is 22.6 Å². The molecule has 1 aliphatic heterocycles. The molecule has 1 heterocycles. The van der Waals surface area contributed by atoms with Gasteiger partial charge in [-0.2, -0.15) is 4.31 Å². The number of carboxylic acids is 1. The summed E-state index contributed by atoms with van der Waals surface area (Å²) < 4.78 is 51.6. The zero-order valence-electron chi connectivity index (χ0n) is 9.71. The molecule has 1 saturated heterocycles. The van der Waals surface area contributed by atoms with E-state index >= 15 is 0 Å². The van der Waals surface area contributed by atoms with Gasteiger partial charge in [0.2, 0.25) is 10.0 Å². The van der Waals surface area contributed by atoms with E-state index in [2.05, 4.69) is 0 Å². The number of hydrogen-bond acceptors (Lipinski definition) is 3. The van der Waals surface area contributed by atoms with E-state index in [0.717, 1.165) is 6.07 Å². The molecule has 0 amide bonds. The molecule has 0 radical (unpaired) electrons. The number of nitrogens with zero attached hydrogens (tertiary/aromatic N) is 1. The van der Waals surface area contributed by atoms with Crippen LogP contribution < -0.4 is 0 Å². The third-order valence-electron chi connectivity index (χ3n) is 2.97. The summed E-state index contributed by atoms with van der Waals surface area (Å²) in [6.07, 6.45) is 0.526. The van der Waals surface area contributed by atoms with E-state index in [-0.39, 0.29) is 13.0 Å². The average molecular weight is 291 g/mol. The van der Waals surface area contributed by atoms with Crippen LogP contribution in [-0.4, -0.2) is 36.4 Å². The van der Waals surface area contributed by atoms with Gasteiger partial charge in [0.05, 0.1) is 0 Å². The molecule has 19 heavy (non-hydrogen) atoms. The zero-order valence-corrected chi connectivity index (χ0v) is 10.5. The van der Waals surface area contributed by atoms with Crippen molar-refractivity contribution >= 4 is 16.0 Å². The molecular weight excluding hydrogens is 280 g/mol. The van der Waals surface area contributed by atoms with Crippen LogP contribution in [0.15, 0.2) is 23.1 Å². The monoisotopic (exact) mass is 291 g/mol. The fourth-order valence-corrected chi connectivity index (χ4v) is 3.80. The average Bonchev–Trinajstić information content (AvgIpc) is 2.82. The van der Waals surface area contributed by atoms with Gasteiger partial charge in [-0.1, -0.05) is 0 Å². The van der Waals surface area contributed by atoms with E-state index in [1.807, 2.05) is 0 Å². The lowest BCUT2D eigenvalue weighted by Crippen LogP contribution is -2.40. The Morgan fingerprint density at radius 1 is 1.37 bits per heavy atom. The van der Waals surface area contributed by atoms with E-state index in [4.69, 9.17) is 5.11 Å². The van der Waals surface area contributed by atoms with Crippen molar-refractivity contribution in [3.63, 3.8) is 0 Å². The smallest absolute Gasteiger partial charge is 0.322 e. The topological polar surface area (TPSA) is 74.7 Å². The maximum atomic E-state index is 13.5. The number of halogens is 2. The molecule has 1 aromatic rings. The van der Waals surface area contributed by atoms with E-state index in [1.165, 1.54) is 0 Å². The van der Waals surface area contributed by atoms with E-state index in [0.29, 0.717) is 22.9 Å². The summed E-state index contributed by atoms with van der Waals surface area (Å²) >= 11 is 0. The van der Waals surface area contributed by atoms with Gasteiger partial charge < -0.3 is 5.11 Å². The van der Waals surface area contributed by atoms with Crippen molar-refractivity contribution < 1.29 is 27.1 Å². The van der Waals surface area contributed by atoms with E-state index < -0.39 is 38.6 Å². The Kier molecular flexibility index (Phi) is 3.55. The van der Waals surface area contributed by atoms with Crippen molar-refractivity contribution in [1.82, 2.24) is 4.31 Å². The fourth-order valence-electron chi connectivity index (χ4n) is 2.08. The second kappa shape index (κ2) is 4.86. The summed E-state index contributed by atoms with van der Waals surface area (Å²) in [5.74, 6) is -3.29. The summed E-state index contributed by atoms with van der Waals surface area (Å²) in [5.41, 5.74) is 0. The third kappa shape index (κ3) is 2.45. The molecule has 0 bridgehead atoms. The minimum absolute atomic E-state index is 0.0186. The van der Waals surface area contributed by atoms with Crippen LogP contribution in [-0.2, 0) is 14.8 Å². The molecule has 5 nitrogen and oxygen atoms in total. The van der Waals surface area contributed by atoms with Gasteiger partial charge in [-0.3, -0.25) is 4.79 Å². The minimum Gasteiger partial charge on any atom is -0.480 e. The molecule has 1 aliphatic rings. The maximum absolute atomic E-state index is 13.5. The van der Waals surface area contributed by atoms with Crippen molar-refractivity contribution in [3.8, 4) is 0 Å². The van der Waals surface area contributed by atoms with Crippen LogP contribution in [0, 0.1) is 11.6 Å². The van der Waals surface area contributed by atoms with Crippen LogP contribution in [0.4, 0.5) is 8.78 Å². The molecule has 8 heteroatoms. The van der Waals surface area contributed by atoms with Crippen LogP contribution in [0.5, 0.6) is 0 Å². The predicted molar refractivity (Wildman–Crippen MR) is 60.9 cm³/mol. The number of sulfonamides is 1. The Labute approximate surface area is 108 Å². The molecule has 1 N–H and O–H groups in total.